The first-order valence-corrected chi connectivity index (χ1v) is 12.2. The molecule has 198 valence electrons. The highest BCUT2D eigenvalue weighted by molar-refractivity contribution is 5.95. The Balaban J connectivity index is 1.53. The Hall–Kier alpha value is -3.97. The summed E-state index contributed by atoms with van der Waals surface area (Å²) >= 11 is 0. The number of ether oxygens (including phenoxy) is 2. The smallest absolute Gasteiger partial charge is 0.266 e. The standard InChI is InChI=1S/C25H24F3N7O3/c1-29-24(36)13-6-16(22(26)17(7-13)23(27)28)20-11-31-21-8-15(18-9-32-34-4-3-30-10-19(18)34)25(33-35(20)21)38-14-2-5-37-12-14/h6-9,11,14,23,30H,2-5,10,12H2,1H3,(H,29,36)/t14-/m0/s1. The predicted molar refractivity (Wildman–Crippen MR) is 130 cm³/mol. The van der Waals surface area contributed by atoms with Gasteiger partial charge < -0.3 is 20.1 Å². The fourth-order valence-corrected chi connectivity index (χ4v) is 4.80. The molecule has 2 aliphatic heterocycles. The van der Waals surface area contributed by atoms with Crippen LogP contribution in [0.1, 0.15) is 34.5 Å². The third-order valence-electron chi connectivity index (χ3n) is 6.76. The number of carbonyl (C=O) groups is 1. The van der Waals surface area contributed by atoms with E-state index in [0.29, 0.717) is 37.4 Å². The largest absolute Gasteiger partial charge is 0.470 e. The van der Waals surface area contributed by atoms with E-state index in [1.807, 2.05) is 4.68 Å². The number of rotatable bonds is 6. The van der Waals surface area contributed by atoms with E-state index < -0.39 is 23.7 Å². The van der Waals surface area contributed by atoms with Gasteiger partial charge in [0.15, 0.2) is 5.65 Å². The van der Waals surface area contributed by atoms with Gasteiger partial charge >= 0.3 is 0 Å². The number of alkyl halides is 2. The predicted octanol–water partition coefficient (Wildman–Crippen LogP) is 2.97. The zero-order chi connectivity index (χ0) is 26.4. The van der Waals surface area contributed by atoms with Crippen molar-refractivity contribution in [2.24, 2.45) is 0 Å². The number of aromatic nitrogens is 5. The molecule has 0 unspecified atom stereocenters. The zero-order valence-corrected chi connectivity index (χ0v) is 20.4. The summed E-state index contributed by atoms with van der Waals surface area (Å²) in [6.45, 7) is 3.08. The summed E-state index contributed by atoms with van der Waals surface area (Å²) in [5, 5.41) is 14.9. The molecule has 0 radical (unpaired) electrons. The topological polar surface area (TPSA) is 108 Å². The van der Waals surface area contributed by atoms with E-state index in [9.17, 15) is 13.6 Å². The monoisotopic (exact) mass is 527 g/mol. The number of amides is 1. The molecule has 0 saturated carbocycles. The number of fused-ring (bicyclic) bond motifs is 2. The quantitative estimate of drug-likeness (QED) is 0.397. The molecule has 6 rings (SSSR count). The van der Waals surface area contributed by atoms with Crippen LogP contribution in [0.2, 0.25) is 0 Å². The van der Waals surface area contributed by atoms with Gasteiger partial charge in [-0.15, -0.1) is 5.10 Å². The number of carbonyl (C=O) groups excluding carboxylic acids is 1. The van der Waals surface area contributed by atoms with E-state index in [4.69, 9.17) is 9.47 Å². The molecule has 4 aromatic rings. The minimum absolute atomic E-state index is 0.0999. The van der Waals surface area contributed by atoms with Gasteiger partial charge in [0.25, 0.3) is 12.3 Å². The highest BCUT2D eigenvalue weighted by Crippen LogP contribution is 2.37. The van der Waals surface area contributed by atoms with Gasteiger partial charge in [0.2, 0.25) is 5.88 Å². The molecule has 38 heavy (non-hydrogen) atoms. The van der Waals surface area contributed by atoms with Crippen molar-refractivity contribution in [2.75, 3.05) is 26.8 Å². The second-order valence-corrected chi connectivity index (χ2v) is 9.09. The molecule has 0 aliphatic carbocycles. The summed E-state index contributed by atoms with van der Waals surface area (Å²) in [4.78, 5) is 16.6. The SMILES string of the molecule is CNC(=O)c1cc(-c2cnc3cc(-c4cnn5c4CNCC5)c(O[C@H]4CCOC4)nn23)c(F)c(C(F)F)c1. The maximum Gasteiger partial charge on any atom is 0.266 e. The van der Waals surface area contributed by atoms with Gasteiger partial charge in [-0.1, -0.05) is 0 Å². The highest BCUT2D eigenvalue weighted by Gasteiger charge is 2.27. The molecule has 2 aliphatic rings. The van der Waals surface area contributed by atoms with Crippen molar-refractivity contribution < 1.29 is 27.4 Å². The van der Waals surface area contributed by atoms with Crippen molar-refractivity contribution in [3.63, 3.8) is 0 Å². The first kappa shape index (κ1) is 24.4. The van der Waals surface area contributed by atoms with Crippen LogP contribution >= 0.6 is 0 Å². The molecule has 0 bridgehead atoms. The Bertz CT molecular complexity index is 1530. The van der Waals surface area contributed by atoms with Crippen molar-refractivity contribution in [3.8, 4) is 28.3 Å². The number of hydrogen-bond donors (Lipinski definition) is 2. The van der Waals surface area contributed by atoms with Crippen LogP contribution in [0.4, 0.5) is 13.2 Å². The molecule has 1 atom stereocenters. The van der Waals surface area contributed by atoms with E-state index in [-0.39, 0.29) is 28.8 Å². The van der Waals surface area contributed by atoms with Crippen molar-refractivity contribution in [2.45, 2.75) is 32.0 Å². The Labute approximate surface area is 214 Å². The highest BCUT2D eigenvalue weighted by atomic mass is 19.3. The third kappa shape index (κ3) is 4.17. The van der Waals surface area contributed by atoms with Crippen LogP contribution in [0.15, 0.2) is 30.6 Å². The zero-order valence-electron chi connectivity index (χ0n) is 20.4. The van der Waals surface area contributed by atoms with Gasteiger partial charge in [-0.05, 0) is 18.2 Å². The number of nitrogens with zero attached hydrogens (tertiary/aromatic N) is 5. The molecule has 0 spiro atoms. The molecule has 1 saturated heterocycles. The lowest BCUT2D eigenvalue weighted by Gasteiger charge is -2.18. The normalized spacial score (nSPS) is 17.2. The van der Waals surface area contributed by atoms with Crippen LogP contribution in [0, 0.1) is 5.82 Å². The van der Waals surface area contributed by atoms with Crippen molar-refractivity contribution in [1.29, 1.82) is 0 Å². The first-order valence-electron chi connectivity index (χ1n) is 12.2. The summed E-state index contributed by atoms with van der Waals surface area (Å²) in [7, 11) is 1.37. The van der Waals surface area contributed by atoms with Gasteiger partial charge in [0, 0.05) is 43.2 Å². The van der Waals surface area contributed by atoms with Gasteiger partial charge in [0.05, 0.1) is 54.7 Å². The minimum atomic E-state index is -3.12. The number of nitrogens with one attached hydrogen (secondary N) is 2. The molecular formula is C25H24F3N7O3. The van der Waals surface area contributed by atoms with Crippen molar-refractivity contribution in [1.82, 2.24) is 35.0 Å². The van der Waals surface area contributed by atoms with Crippen molar-refractivity contribution >= 4 is 11.6 Å². The third-order valence-corrected chi connectivity index (χ3v) is 6.76. The van der Waals surface area contributed by atoms with E-state index in [2.05, 4.69) is 25.8 Å². The number of halogens is 3. The summed E-state index contributed by atoms with van der Waals surface area (Å²) in [6.07, 6.45) is 0.392. The van der Waals surface area contributed by atoms with Crippen LogP contribution in [-0.2, 0) is 17.8 Å². The molecule has 2 N–H and O–H groups in total. The van der Waals surface area contributed by atoms with Gasteiger partial charge in [-0.2, -0.15) is 5.10 Å². The summed E-state index contributed by atoms with van der Waals surface area (Å²) in [5.41, 5.74) is 1.66. The molecule has 1 aromatic carbocycles. The van der Waals surface area contributed by atoms with Crippen molar-refractivity contribution in [3.05, 3.63) is 53.2 Å². The average Bonchev–Trinajstić information content (AvgIpc) is 3.68. The Morgan fingerprint density at radius 3 is 2.87 bits per heavy atom. The molecule has 1 fully saturated rings. The fraction of sp³-hybridized carbons (Fsp3) is 0.360. The fourth-order valence-electron chi connectivity index (χ4n) is 4.80. The van der Waals surface area contributed by atoms with Crippen LogP contribution in [0.5, 0.6) is 5.88 Å². The Kier molecular flexibility index (Phi) is 6.24. The molecule has 10 nitrogen and oxygen atoms in total. The molecule has 3 aromatic heterocycles. The van der Waals surface area contributed by atoms with Gasteiger partial charge in [0.1, 0.15) is 11.9 Å². The summed E-state index contributed by atoms with van der Waals surface area (Å²) in [6, 6.07) is 3.82. The van der Waals surface area contributed by atoms with E-state index in [1.165, 1.54) is 23.8 Å². The van der Waals surface area contributed by atoms with E-state index >= 15 is 4.39 Å². The Morgan fingerprint density at radius 2 is 2.11 bits per heavy atom. The summed E-state index contributed by atoms with van der Waals surface area (Å²) < 4.78 is 57.7. The van der Waals surface area contributed by atoms with Crippen LogP contribution in [0.3, 0.4) is 0 Å². The number of imidazole rings is 1. The van der Waals surface area contributed by atoms with Gasteiger partial charge in [-0.25, -0.2) is 22.7 Å². The lowest BCUT2D eigenvalue weighted by molar-refractivity contribution is 0.0962. The maximum atomic E-state index is 15.3. The molecular weight excluding hydrogens is 503 g/mol. The molecule has 1 amide bonds. The molecule has 13 heteroatoms. The first-order chi connectivity index (χ1) is 18.4. The van der Waals surface area contributed by atoms with Crippen LogP contribution < -0.4 is 15.4 Å². The minimum Gasteiger partial charge on any atom is -0.470 e. The molecule has 5 heterocycles. The number of hydrogen-bond acceptors (Lipinski definition) is 7. The Morgan fingerprint density at radius 1 is 1.24 bits per heavy atom. The number of benzene rings is 1. The summed E-state index contributed by atoms with van der Waals surface area (Å²) in [5.74, 6) is -1.52. The second-order valence-electron chi connectivity index (χ2n) is 9.09. The van der Waals surface area contributed by atoms with Crippen LogP contribution in [-0.4, -0.2) is 63.2 Å². The average molecular weight is 528 g/mol. The van der Waals surface area contributed by atoms with E-state index in [0.717, 1.165) is 30.4 Å². The lowest BCUT2D eigenvalue weighted by atomic mass is 10.0. The maximum absolute atomic E-state index is 15.3. The van der Waals surface area contributed by atoms with E-state index in [1.54, 1.807) is 12.3 Å². The van der Waals surface area contributed by atoms with Crippen LogP contribution in [0.25, 0.3) is 28.0 Å². The van der Waals surface area contributed by atoms with Gasteiger partial charge in [-0.3, -0.25) is 9.48 Å². The second kappa shape index (κ2) is 9.72. The lowest BCUT2D eigenvalue weighted by Crippen LogP contribution is -2.28.